The first-order chi connectivity index (χ1) is 14.0. The van der Waals surface area contributed by atoms with Gasteiger partial charge in [0.25, 0.3) is 11.5 Å². The molecule has 0 aromatic carbocycles. The van der Waals surface area contributed by atoms with E-state index in [4.69, 9.17) is 4.74 Å². The van der Waals surface area contributed by atoms with Crippen molar-refractivity contribution in [3.63, 3.8) is 0 Å². The highest BCUT2D eigenvalue weighted by Gasteiger charge is 2.23. The number of hydrogen-bond donors (Lipinski definition) is 1. The first-order valence-electron chi connectivity index (χ1n) is 9.33. The topological polar surface area (TPSA) is 93.8 Å². The number of pyridine rings is 1. The Bertz CT molecular complexity index is 1090. The van der Waals surface area contributed by atoms with Gasteiger partial charge in [-0.05, 0) is 18.6 Å². The van der Waals surface area contributed by atoms with Gasteiger partial charge in [0.15, 0.2) is 5.69 Å². The second kappa shape index (κ2) is 8.00. The Labute approximate surface area is 165 Å². The van der Waals surface area contributed by atoms with E-state index in [1.165, 1.54) is 15.3 Å². The van der Waals surface area contributed by atoms with Crippen molar-refractivity contribution >= 4 is 17.2 Å². The summed E-state index contributed by atoms with van der Waals surface area (Å²) in [7, 11) is 1.60. The van der Waals surface area contributed by atoms with Gasteiger partial charge >= 0.3 is 0 Å². The number of carbonyl (C=O) groups is 1. The zero-order chi connectivity index (χ0) is 20.4. The summed E-state index contributed by atoms with van der Waals surface area (Å²) in [5.41, 5.74) is 0.724. The van der Waals surface area contributed by atoms with Crippen molar-refractivity contribution in [2.75, 3.05) is 31.1 Å². The van der Waals surface area contributed by atoms with Crippen molar-refractivity contribution < 1.29 is 13.9 Å². The minimum atomic E-state index is -0.684. The maximum absolute atomic E-state index is 14.3. The third-order valence-corrected chi connectivity index (χ3v) is 4.90. The lowest BCUT2D eigenvalue weighted by Crippen LogP contribution is -2.44. The Hall–Kier alpha value is -3.27. The van der Waals surface area contributed by atoms with E-state index < -0.39 is 11.9 Å². The summed E-state index contributed by atoms with van der Waals surface area (Å²) in [4.78, 5) is 30.2. The molecule has 3 aromatic heterocycles. The fourth-order valence-corrected chi connectivity index (χ4v) is 3.30. The summed E-state index contributed by atoms with van der Waals surface area (Å²) >= 11 is 0. The largest absolute Gasteiger partial charge is 0.374 e. The summed E-state index contributed by atoms with van der Waals surface area (Å²) in [5, 5.41) is 6.74. The first kappa shape index (κ1) is 19.1. The van der Waals surface area contributed by atoms with E-state index in [2.05, 4.69) is 15.4 Å². The molecule has 1 aliphatic rings. The van der Waals surface area contributed by atoms with Crippen LogP contribution in [-0.2, 0) is 11.8 Å². The molecule has 1 N–H and O–H groups in total. The highest BCUT2D eigenvalue weighted by atomic mass is 19.1. The molecule has 10 heteroatoms. The van der Waals surface area contributed by atoms with Crippen LogP contribution in [0.25, 0.3) is 5.65 Å². The van der Waals surface area contributed by atoms with Crippen LogP contribution < -0.4 is 15.8 Å². The van der Waals surface area contributed by atoms with Crippen LogP contribution in [0.3, 0.4) is 0 Å². The van der Waals surface area contributed by atoms with Crippen LogP contribution in [0.1, 0.15) is 16.9 Å². The molecule has 152 valence electrons. The van der Waals surface area contributed by atoms with E-state index in [-0.39, 0.29) is 17.4 Å². The predicted octanol–water partition coefficient (Wildman–Crippen LogP) is 0.592. The number of amides is 1. The molecule has 0 radical (unpaired) electrons. The van der Waals surface area contributed by atoms with E-state index in [0.29, 0.717) is 38.3 Å². The van der Waals surface area contributed by atoms with Gasteiger partial charge in [0, 0.05) is 38.9 Å². The normalized spacial score (nSPS) is 16.9. The van der Waals surface area contributed by atoms with E-state index in [9.17, 15) is 14.0 Å². The van der Waals surface area contributed by atoms with E-state index >= 15 is 0 Å². The Morgan fingerprint density at radius 2 is 2.28 bits per heavy atom. The van der Waals surface area contributed by atoms with Crippen LogP contribution in [0, 0.1) is 5.95 Å². The molecule has 4 heterocycles. The lowest BCUT2D eigenvalue weighted by atomic mass is 10.2. The SMILES string of the molecule is Cn1ncc(N2CCOC(CCNC(=O)c3nc4ccccn4c3F)C2)cc1=O. The zero-order valence-electron chi connectivity index (χ0n) is 15.9. The quantitative estimate of drug-likeness (QED) is 0.674. The van der Waals surface area contributed by atoms with Crippen molar-refractivity contribution in [3.05, 3.63) is 58.7 Å². The van der Waals surface area contributed by atoms with Gasteiger partial charge < -0.3 is 15.0 Å². The summed E-state index contributed by atoms with van der Waals surface area (Å²) in [6.45, 7) is 2.06. The fourth-order valence-electron chi connectivity index (χ4n) is 3.30. The van der Waals surface area contributed by atoms with Crippen LogP contribution in [-0.4, -0.2) is 57.4 Å². The van der Waals surface area contributed by atoms with Crippen molar-refractivity contribution in [1.29, 1.82) is 0 Å². The summed E-state index contributed by atoms with van der Waals surface area (Å²) in [5.74, 6) is -1.24. The molecule has 0 spiro atoms. The number of aryl methyl sites for hydroxylation is 1. The van der Waals surface area contributed by atoms with Gasteiger partial charge in [-0.15, -0.1) is 0 Å². The van der Waals surface area contributed by atoms with Gasteiger partial charge in [0.05, 0.1) is 24.6 Å². The van der Waals surface area contributed by atoms with Gasteiger partial charge in [-0.1, -0.05) is 6.07 Å². The van der Waals surface area contributed by atoms with Crippen LogP contribution in [0.15, 0.2) is 41.5 Å². The molecular weight excluding hydrogens is 379 g/mol. The number of imidazole rings is 1. The maximum Gasteiger partial charge on any atom is 0.274 e. The number of hydrogen-bond acceptors (Lipinski definition) is 6. The molecule has 1 amide bonds. The van der Waals surface area contributed by atoms with Crippen molar-refractivity contribution in [2.24, 2.45) is 7.05 Å². The second-order valence-corrected chi connectivity index (χ2v) is 6.84. The highest BCUT2D eigenvalue weighted by Crippen LogP contribution is 2.16. The van der Waals surface area contributed by atoms with Gasteiger partial charge in [0.1, 0.15) is 5.65 Å². The van der Waals surface area contributed by atoms with Crippen molar-refractivity contribution in [3.8, 4) is 0 Å². The average Bonchev–Trinajstić information content (AvgIpc) is 3.07. The molecular formula is C19H21FN6O3. The molecule has 1 saturated heterocycles. The van der Waals surface area contributed by atoms with Gasteiger partial charge in [-0.2, -0.15) is 9.49 Å². The predicted molar refractivity (Wildman–Crippen MR) is 104 cm³/mol. The van der Waals surface area contributed by atoms with E-state index in [1.807, 2.05) is 4.90 Å². The molecule has 1 unspecified atom stereocenters. The molecule has 9 nitrogen and oxygen atoms in total. The average molecular weight is 400 g/mol. The van der Waals surface area contributed by atoms with Crippen molar-refractivity contribution in [1.82, 2.24) is 24.5 Å². The number of halogens is 1. The smallest absolute Gasteiger partial charge is 0.274 e. The molecule has 0 bridgehead atoms. The zero-order valence-corrected chi connectivity index (χ0v) is 15.9. The Morgan fingerprint density at radius 1 is 1.41 bits per heavy atom. The van der Waals surface area contributed by atoms with Gasteiger partial charge in [-0.3, -0.25) is 14.0 Å². The second-order valence-electron chi connectivity index (χ2n) is 6.84. The highest BCUT2D eigenvalue weighted by molar-refractivity contribution is 5.93. The number of carbonyl (C=O) groups excluding carboxylic acids is 1. The van der Waals surface area contributed by atoms with Crippen LogP contribution in [0.2, 0.25) is 0 Å². The number of nitrogens with one attached hydrogen (secondary N) is 1. The number of morpholine rings is 1. The molecule has 4 rings (SSSR count). The Morgan fingerprint density at radius 3 is 3.07 bits per heavy atom. The minimum Gasteiger partial charge on any atom is -0.374 e. The molecule has 29 heavy (non-hydrogen) atoms. The lowest BCUT2D eigenvalue weighted by molar-refractivity contribution is 0.0353. The summed E-state index contributed by atoms with van der Waals surface area (Å²) in [6, 6.07) is 6.58. The van der Waals surface area contributed by atoms with Crippen LogP contribution >= 0.6 is 0 Å². The van der Waals surface area contributed by atoms with Crippen molar-refractivity contribution in [2.45, 2.75) is 12.5 Å². The summed E-state index contributed by atoms with van der Waals surface area (Å²) in [6.07, 6.45) is 3.59. The molecule has 1 fully saturated rings. The molecule has 0 aliphatic carbocycles. The molecule has 3 aromatic rings. The standard InChI is InChI=1S/C19H21FN6O3/c1-24-16(27)10-13(11-22-24)25-8-9-29-14(12-25)5-6-21-19(28)17-18(20)26-7-3-2-4-15(26)23-17/h2-4,7,10-11,14H,5-6,8-9,12H2,1H3,(H,21,28). The molecule has 1 atom stereocenters. The van der Waals surface area contributed by atoms with E-state index in [1.54, 1.807) is 37.5 Å². The number of rotatable bonds is 5. The van der Waals surface area contributed by atoms with Crippen LogP contribution in [0.5, 0.6) is 0 Å². The van der Waals surface area contributed by atoms with Gasteiger partial charge in [-0.25, -0.2) is 9.67 Å². The van der Waals surface area contributed by atoms with Gasteiger partial charge in [0.2, 0.25) is 5.95 Å². The Balaban J connectivity index is 1.34. The number of aromatic nitrogens is 4. The summed E-state index contributed by atoms with van der Waals surface area (Å²) < 4.78 is 22.6. The fraction of sp³-hybridized carbons (Fsp3) is 0.368. The first-order valence-corrected chi connectivity index (χ1v) is 9.33. The third kappa shape index (κ3) is 3.97. The number of fused-ring (bicyclic) bond motifs is 1. The minimum absolute atomic E-state index is 0.126. The lowest BCUT2D eigenvalue weighted by Gasteiger charge is -2.34. The number of anilines is 1. The van der Waals surface area contributed by atoms with Crippen LogP contribution in [0.4, 0.5) is 10.1 Å². The third-order valence-electron chi connectivity index (χ3n) is 4.90. The molecule has 0 saturated carbocycles. The van der Waals surface area contributed by atoms with E-state index in [0.717, 1.165) is 5.69 Å². The molecule has 1 aliphatic heterocycles. The number of nitrogens with zero attached hydrogens (tertiary/aromatic N) is 5. The Kier molecular flexibility index (Phi) is 5.26. The maximum atomic E-state index is 14.3. The monoisotopic (exact) mass is 400 g/mol. The number of ether oxygens (including phenoxy) is 1.